The van der Waals surface area contributed by atoms with Gasteiger partial charge in [-0.1, -0.05) is 0 Å². The summed E-state index contributed by atoms with van der Waals surface area (Å²) in [5.74, 6) is 0. The Morgan fingerprint density at radius 3 is 1.18 bits per heavy atom. The predicted molar refractivity (Wildman–Crippen MR) is 23.2 cm³/mol. The third-order valence-corrected chi connectivity index (χ3v) is 0.578. The van der Waals surface area contributed by atoms with E-state index in [1.165, 1.54) is 0 Å². The van der Waals surface area contributed by atoms with Crippen LogP contribution in [0.25, 0.3) is 0 Å². The average molecular weight is 182 g/mol. The van der Waals surface area contributed by atoms with Gasteiger partial charge >= 0.3 is 12.6 Å². The van der Waals surface area contributed by atoms with E-state index in [-0.39, 0.29) is 0 Å². The molecule has 0 fully saturated rings. The smallest absolute Gasteiger partial charge is 0.215 e. The zero-order valence-corrected chi connectivity index (χ0v) is 4.97. The van der Waals surface area contributed by atoms with Gasteiger partial charge in [-0.3, -0.25) is 0 Å². The van der Waals surface area contributed by atoms with Crippen molar-refractivity contribution < 1.29 is 26.3 Å². The highest BCUT2D eigenvalue weighted by Crippen LogP contribution is 2.11. The van der Waals surface area contributed by atoms with Crippen LogP contribution in [0.1, 0.15) is 0 Å². The molecule has 68 valence electrons. The molecule has 0 spiro atoms. The van der Waals surface area contributed by atoms with Crippen LogP contribution in [0, 0.1) is 0 Å². The Labute approximate surface area is 57.6 Å². The zero-order chi connectivity index (χ0) is 9.12. The molecule has 0 unspecified atom stereocenters. The number of alkyl halides is 6. The summed E-state index contributed by atoms with van der Waals surface area (Å²) in [5.41, 5.74) is 0. The van der Waals surface area contributed by atoms with Gasteiger partial charge in [0.05, 0.1) is 6.67 Å². The molecule has 8 heteroatoms. The van der Waals surface area contributed by atoms with Gasteiger partial charge < -0.3 is 0 Å². The molecule has 0 aromatic heterocycles. The Morgan fingerprint density at radius 2 is 1.00 bits per heavy atom. The van der Waals surface area contributed by atoms with Crippen LogP contribution in [0.3, 0.4) is 0 Å². The fraction of sp³-hybridized carbons (Fsp3) is 1.00. The van der Waals surface area contributed by atoms with Crippen LogP contribution in [0.15, 0.2) is 0 Å². The summed E-state index contributed by atoms with van der Waals surface area (Å²) in [6, 6.07) is 0. The maximum atomic E-state index is 11.1. The second-order valence-electron chi connectivity index (χ2n) is 1.53. The highest BCUT2D eigenvalue weighted by molar-refractivity contribution is 4.49. The molecule has 0 rings (SSSR count). The normalized spacial score (nSPS) is 13.6. The van der Waals surface area contributed by atoms with E-state index in [4.69, 9.17) is 0 Å². The van der Waals surface area contributed by atoms with Gasteiger partial charge in [0.25, 0.3) is 0 Å². The molecule has 0 atom stereocenters. The average Bonchev–Trinajstić information content (AvgIpc) is 1.55. The minimum atomic E-state index is -4.79. The third-order valence-electron chi connectivity index (χ3n) is 0.578. The Hall–Kier alpha value is -0.500. The van der Waals surface area contributed by atoms with Crippen LogP contribution in [-0.4, -0.2) is 19.3 Å². The fourth-order valence-corrected chi connectivity index (χ4v) is 0.245. The Morgan fingerprint density at radius 1 is 0.727 bits per heavy atom. The molecule has 2 nitrogen and oxygen atoms in total. The molecular formula is C3H4F6N2. The van der Waals surface area contributed by atoms with Crippen molar-refractivity contribution in [3.05, 3.63) is 0 Å². The van der Waals surface area contributed by atoms with E-state index in [2.05, 4.69) is 0 Å². The zero-order valence-electron chi connectivity index (χ0n) is 4.97. The van der Waals surface area contributed by atoms with Crippen molar-refractivity contribution in [2.45, 2.75) is 12.6 Å². The minimum Gasteiger partial charge on any atom is -0.215 e. The van der Waals surface area contributed by atoms with Gasteiger partial charge in [0.15, 0.2) is 0 Å². The summed E-state index contributed by atoms with van der Waals surface area (Å²) in [4.78, 5) is 0. The van der Waals surface area contributed by atoms with Crippen molar-refractivity contribution in [1.82, 2.24) is 10.6 Å². The molecule has 0 heterocycles. The molecule has 0 aromatic rings. The lowest BCUT2D eigenvalue weighted by molar-refractivity contribution is -0.182. The quantitative estimate of drug-likeness (QED) is 0.380. The topological polar surface area (TPSA) is 24.1 Å². The molecule has 0 saturated carbocycles. The van der Waals surface area contributed by atoms with Crippen molar-refractivity contribution >= 4 is 0 Å². The number of halogens is 6. The molecule has 0 radical (unpaired) electrons. The van der Waals surface area contributed by atoms with Crippen LogP contribution in [-0.2, 0) is 0 Å². The molecular weight excluding hydrogens is 178 g/mol. The monoisotopic (exact) mass is 182 g/mol. The minimum absolute atomic E-state index is 0.647. The van der Waals surface area contributed by atoms with E-state index in [1.54, 1.807) is 0 Å². The van der Waals surface area contributed by atoms with Crippen molar-refractivity contribution in [2.24, 2.45) is 0 Å². The fourth-order valence-electron chi connectivity index (χ4n) is 0.245. The first-order valence-corrected chi connectivity index (χ1v) is 2.34. The first-order valence-electron chi connectivity index (χ1n) is 2.34. The first-order chi connectivity index (χ1) is 4.71. The Bertz CT molecular complexity index is 100.0. The molecule has 0 aromatic carbocycles. The van der Waals surface area contributed by atoms with E-state index < -0.39 is 19.3 Å². The highest BCUT2D eigenvalue weighted by atomic mass is 19.4. The van der Waals surface area contributed by atoms with Gasteiger partial charge in [0.2, 0.25) is 0 Å². The number of rotatable bonds is 2. The molecule has 11 heavy (non-hydrogen) atoms. The van der Waals surface area contributed by atoms with Crippen molar-refractivity contribution in [3.63, 3.8) is 0 Å². The second kappa shape index (κ2) is 3.26. The summed E-state index contributed by atoms with van der Waals surface area (Å²) in [7, 11) is 0. The Balaban J connectivity index is 3.44. The largest absolute Gasteiger partial charge is 0.458 e. The lowest BCUT2D eigenvalue weighted by atomic mass is 10.9. The molecule has 0 aliphatic heterocycles. The summed E-state index contributed by atoms with van der Waals surface area (Å²) < 4.78 is 66.7. The van der Waals surface area contributed by atoms with Gasteiger partial charge in [0, 0.05) is 0 Å². The van der Waals surface area contributed by atoms with Crippen LogP contribution >= 0.6 is 0 Å². The maximum absolute atomic E-state index is 11.1. The summed E-state index contributed by atoms with van der Waals surface area (Å²) in [6.45, 7) is -1.38. The molecule has 0 amide bonds. The molecule has 0 saturated heterocycles. The predicted octanol–water partition coefficient (Wildman–Crippen LogP) is 1.16. The first kappa shape index (κ1) is 10.5. The van der Waals surface area contributed by atoms with Crippen LogP contribution in [0.4, 0.5) is 26.3 Å². The van der Waals surface area contributed by atoms with Gasteiger partial charge in [-0.15, -0.1) is 0 Å². The standard InChI is InChI=1S/C3H4F6N2/c4-2(5,6)10-1-11-3(7,8)9/h10-11H,1H2. The third kappa shape index (κ3) is 9.50. The Kier molecular flexibility index (Phi) is 3.12. The van der Waals surface area contributed by atoms with Gasteiger partial charge in [-0.25, -0.2) is 10.6 Å². The lowest BCUT2D eigenvalue weighted by Crippen LogP contribution is -2.44. The lowest BCUT2D eigenvalue weighted by Gasteiger charge is -2.11. The van der Waals surface area contributed by atoms with Crippen molar-refractivity contribution in [3.8, 4) is 0 Å². The molecule has 0 bridgehead atoms. The number of nitrogens with one attached hydrogen (secondary N) is 2. The SMILES string of the molecule is FC(F)(F)NCNC(F)(F)F. The summed E-state index contributed by atoms with van der Waals surface area (Å²) in [5, 5.41) is 1.29. The van der Waals surface area contributed by atoms with E-state index in [0.717, 1.165) is 0 Å². The number of hydrogen-bond donors (Lipinski definition) is 2. The van der Waals surface area contributed by atoms with Crippen molar-refractivity contribution in [2.75, 3.05) is 6.67 Å². The van der Waals surface area contributed by atoms with Crippen molar-refractivity contribution in [1.29, 1.82) is 0 Å². The van der Waals surface area contributed by atoms with Gasteiger partial charge in [0.1, 0.15) is 0 Å². The number of hydrogen-bond acceptors (Lipinski definition) is 2. The van der Waals surface area contributed by atoms with E-state index in [0.29, 0.717) is 10.6 Å². The molecule has 0 aliphatic carbocycles. The summed E-state index contributed by atoms with van der Waals surface area (Å²) in [6.07, 6.45) is -9.59. The van der Waals surface area contributed by atoms with Gasteiger partial charge in [-0.2, -0.15) is 26.3 Å². The maximum Gasteiger partial charge on any atom is 0.458 e. The molecule has 2 N–H and O–H groups in total. The second-order valence-corrected chi connectivity index (χ2v) is 1.53. The summed E-state index contributed by atoms with van der Waals surface area (Å²) >= 11 is 0. The van der Waals surface area contributed by atoms with E-state index in [1.807, 2.05) is 0 Å². The highest BCUT2D eigenvalue weighted by Gasteiger charge is 2.30. The van der Waals surface area contributed by atoms with Crippen LogP contribution in [0.2, 0.25) is 0 Å². The molecule has 0 aliphatic rings. The van der Waals surface area contributed by atoms with Crippen LogP contribution < -0.4 is 10.6 Å². The van der Waals surface area contributed by atoms with Crippen LogP contribution in [0.5, 0.6) is 0 Å². The van der Waals surface area contributed by atoms with E-state index in [9.17, 15) is 26.3 Å². The van der Waals surface area contributed by atoms with E-state index >= 15 is 0 Å². The van der Waals surface area contributed by atoms with Gasteiger partial charge in [-0.05, 0) is 0 Å².